The van der Waals surface area contributed by atoms with E-state index in [1.54, 1.807) is 6.07 Å². The number of pyridine rings is 3. The van der Waals surface area contributed by atoms with Crippen molar-refractivity contribution in [3.8, 4) is 11.1 Å². The van der Waals surface area contributed by atoms with Crippen LogP contribution in [0.4, 0.5) is 30.5 Å². The van der Waals surface area contributed by atoms with E-state index in [-0.39, 0.29) is 5.56 Å². The van der Waals surface area contributed by atoms with Gasteiger partial charge < -0.3 is 24.6 Å². The van der Waals surface area contributed by atoms with Crippen molar-refractivity contribution in [2.24, 2.45) is 0 Å². The molecule has 0 radical (unpaired) electrons. The molecule has 2 aliphatic rings. The van der Waals surface area contributed by atoms with Crippen molar-refractivity contribution in [3.05, 3.63) is 59.7 Å². The summed E-state index contributed by atoms with van der Waals surface area (Å²) in [5.41, 5.74) is 1.46. The summed E-state index contributed by atoms with van der Waals surface area (Å²) in [7, 11) is 0. The lowest BCUT2D eigenvalue weighted by Crippen LogP contribution is -2.39. The van der Waals surface area contributed by atoms with Crippen molar-refractivity contribution in [1.82, 2.24) is 15.0 Å². The maximum Gasteiger partial charge on any atom is 0.433 e. The lowest BCUT2D eigenvalue weighted by atomic mass is 10.0. The minimum atomic E-state index is -4.65. The Bertz CT molecular complexity index is 1270. The van der Waals surface area contributed by atoms with Gasteiger partial charge in [0.15, 0.2) is 0 Å². The molecule has 5 heterocycles. The molecule has 0 aromatic carbocycles. The van der Waals surface area contributed by atoms with E-state index >= 15 is 0 Å². The molecule has 2 saturated heterocycles. The highest BCUT2D eigenvalue weighted by atomic mass is 19.4. The molecule has 0 spiro atoms. The van der Waals surface area contributed by atoms with Gasteiger partial charge in [-0.3, -0.25) is 14.8 Å². The Morgan fingerprint density at radius 3 is 2.11 bits per heavy atom. The van der Waals surface area contributed by atoms with Crippen molar-refractivity contribution < 1.29 is 27.4 Å². The standard InChI is InChI=1S/C26H27F3N6O3/c1-17-21(15-20(16-31-17)32-25(36)18-2-3-30-22(12-18)26(27,28)29)19-13-23(34-4-8-37-9-5-34)33-24(14-19)35-6-10-38-11-7-35/h2-3,12-16H,4-11H2,1H3,(H,32,36). The third-order valence-corrected chi connectivity index (χ3v) is 6.44. The van der Waals surface area contributed by atoms with Crippen molar-refractivity contribution in [1.29, 1.82) is 0 Å². The number of rotatable bonds is 5. The number of morpholine rings is 2. The maximum atomic E-state index is 13.0. The number of alkyl halides is 3. The Morgan fingerprint density at radius 2 is 1.53 bits per heavy atom. The van der Waals surface area contributed by atoms with E-state index in [1.807, 2.05) is 19.1 Å². The van der Waals surface area contributed by atoms with E-state index in [9.17, 15) is 18.0 Å². The van der Waals surface area contributed by atoms with Gasteiger partial charge in [0.25, 0.3) is 5.91 Å². The lowest BCUT2D eigenvalue weighted by Gasteiger charge is -2.32. The first-order chi connectivity index (χ1) is 18.3. The molecule has 2 aliphatic heterocycles. The summed E-state index contributed by atoms with van der Waals surface area (Å²) in [6.07, 6.45) is -2.20. The Kier molecular flexibility index (Phi) is 7.43. The summed E-state index contributed by atoms with van der Waals surface area (Å²) in [6.45, 7) is 7.21. The van der Waals surface area contributed by atoms with Crippen LogP contribution in [0.2, 0.25) is 0 Å². The topological polar surface area (TPSA) is 92.7 Å². The normalized spacial score (nSPS) is 16.4. The highest BCUT2D eigenvalue weighted by Gasteiger charge is 2.33. The van der Waals surface area contributed by atoms with Gasteiger partial charge in [0.2, 0.25) is 0 Å². The first-order valence-corrected chi connectivity index (χ1v) is 12.3. The minimum absolute atomic E-state index is 0.150. The lowest BCUT2D eigenvalue weighted by molar-refractivity contribution is -0.141. The molecular formula is C26H27F3N6O3. The van der Waals surface area contributed by atoms with Crippen LogP contribution in [0.5, 0.6) is 0 Å². The van der Waals surface area contributed by atoms with E-state index in [2.05, 4.69) is 25.1 Å². The molecular weight excluding hydrogens is 501 g/mol. The number of nitrogens with one attached hydrogen (secondary N) is 1. The second-order valence-electron chi connectivity index (χ2n) is 9.01. The SMILES string of the molecule is Cc1ncc(NC(=O)c2ccnc(C(F)(F)F)c2)cc1-c1cc(N2CCOCC2)nc(N2CCOCC2)c1. The summed E-state index contributed by atoms with van der Waals surface area (Å²) in [4.78, 5) is 29.8. The number of aryl methyl sites for hydroxylation is 1. The molecule has 0 aliphatic carbocycles. The van der Waals surface area contributed by atoms with E-state index in [0.29, 0.717) is 32.1 Å². The molecule has 38 heavy (non-hydrogen) atoms. The Labute approximate surface area is 217 Å². The van der Waals surface area contributed by atoms with Gasteiger partial charge in [0.1, 0.15) is 17.3 Å². The fourth-order valence-corrected chi connectivity index (χ4v) is 4.39. The Morgan fingerprint density at radius 1 is 0.921 bits per heavy atom. The molecule has 3 aromatic rings. The Hall–Kier alpha value is -3.77. The molecule has 12 heteroatoms. The van der Waals surface area contributed by atoms with Crippen LogP contribution >= 0.6 is 0 Å². The van der Waals surface area contributed by atoms with Gasteiger partial charge in [-0.1, -0.05) is 0 Å². The first kappa shape index (κ1) is 25.9. The summed E-state index contributed by atoms with van der Waals surface area (Å²) in [5.74, 6) is 0.947. The number of hydrogen-bond acceptors (Lipinski definition) is 8. The monoisotopic (exact) mass is 528 g/mol. The predicted octanol–water partition coefficient (Wildman–Crippen LogP) is 3.79. The number of ether oxygens (including phenoxy) is 2. The van der Waals surface area contributed by atoms with Crippen molar-refractivity contribution >= 4 is 23.2 Å². The van der Waals surface area contributed by atoms with Gasteiger partial charge >= 0.3 is 6.18 Å². The van der Waals surface area contributed by atoms with Gasteiger partial charge in [-0.25, -0.2) is 4.98 Å². The van der Waals surface area contributed by atoms with Gasteiger partial charge in [0, 0.05) is 49.2 Å². The smallest absolute Gasteiger partial charge is 0.378 e. The molecule has 1 N–H and O–H groups in total. The van der Waals surface area contributed by atoms with Crippen LogP contribution in [0, 0.1) is 6.92 Å². The third kappa shape index (κ3) is 5.86. The van der Waals surface area contributed by atoms with Gasteiger partial charge in [-0.2, -0.15) is 13.2 Å². The molecule has 1 amide bonds. The number of amides is 1. The molecule has 0 unspecified atom stereocenters. The van der Waals surface area contributed by atoms with Gasteiger partial charge in [0.05, 0.1) is 38.3 Å². The van der Waals surface area contributed by atoms with Crippen molar-refractivity contribution in [2.75, 3.05) is 67.7 Å². The molecule has 0 saturated carbocycles. The number of anilines is 3. The maximum absolute atomic E-state index is 13.0. The highest BCUT2D eigenvalue weighted by molar-refractivity contribution is 6.04. The number of aromatic nitrogens is 3. The molecule has 5 rings (SSSR count). The highest BCUT2D eigenvalue weighted by Crippen LogP contribution is 2.32. The first-order valence-electron chi connectivity index (χ1n) is 12.3. The van der Waals surface area contributed by atoms with Crippen molar-refractivity contribution in [2.45, 2.75) is 13.1 Å². The fourth-order valence-electron chi connectivity index (χ4n) is 4.39. The zero-order valence-corrected chi connectivity index (χ0v) is 20.8. The number of carbonyl (C=O) groups excluding carboxylic acids is 1. The second-order valence-corrected chi connectivity index (χ2v) is 9.01. The van der Waals surface area contributed by atoms with Gasteiger partial charge in [-0.05, 0) is 42.8 Å². The Balaban J connectivity index is 1.47. The second kappa shape index (κ2) is 10.9. The summed E-state index contributed by atoms with van der Waals surface area (Å²) in [5, 5.41) is 2.66. The molecule has 0 atom stereocenters. The zero-order chi connectivity index (χ0) is 26.7. The van der Waals surface area contributed by atoms with Crippen LogP contribution in [-0.4, -0.2) is 73.5 Å². The predicted molar refractivity (Wildman–Crippen MR) is 135 cm³/mol. The van der Waals surface area contributed by atoms with Crippen LogP contribution in [0.1, 0.15) is 21.7 Å². The van der Waals surface area contributed by atoms with E-state index < -0.39 is 17.8 Å². The summed E-state index contributed by atoms with van der Waals surface area (Å²) >= 11 is 0. The van der Waals surface area contributed by atoms with E-state index in [0.717, 1.165) is 66.9 Å². The molecule has 0 bridgehead atoms. The number of hydrogen-bond donors (Lipinski definition) is 1. The summed E-state index contributed by atoms with van der Waals surface area (Å²) in [6, 6.07) is 7.71. The number of carbonyl (C=O) groups is 1. The third-order valence-electron chi connectivity index (χ3n) is 6.44. The van der Waals surface area contributed by atoms with Crippen LogP contribution < -0.4 is 15.1 Å². The molecule has 200 valence electrons. The molecule has 3 aromatic heterocycles. The summed E-state index contributed by atoms with van der Waals surface area (Å²) < 4.78 is 50.2. The number of halogens is 3. The molecule has 9 nitrogen and oxygen atoms in total. The quantitative estimate of drug-likeness (QED) is 0.535. The van der Waals surface area contributed by atoms with Crippen LogP contribution in [0.3, 0.4) is 0 Å². The van der Waals surface area contributed by atoms with Crippen LogP contribution in [0.15, 0.2) is 42.7 Å². The van der Waals surface area contributed by atoms with E-state index in [4.69, 9.17) is 14.5 Å². The largest absolute Gasteiger partial charge is 0.433 e. The number of nitrogens with zero attached hydrogens (tertiary/aromatic N) is 5. The fraction of sp³-hybridized carbons (Fsp3) is 0.385. The zero-order valence-electron chi connectivity index (χ0n) is 20.8. The van der Waals surface area contributed by atoms with Gasteiger partial charge in [-0.15, -0.1) is 0 Å². The molecule has 2 fully saturated rings. The average molecular weight is 529 g/mol. The van der Waals surface area contributed by atoms with E-state index in [1.165, 1.54) is 12.3 Å². The minimum Gasteiger partial charge on any atom is -0.378 e. The van der Waals surface area contributed by atoms with Crippen LogP contribution in [0.25, 0.3) is 11.1 Å². The average Bonchev–Trinajstić information content (AvgIpc) is 2.94. The van der Waals surface area contributed by atoms with Crippen LogP contribution in [-0.2, 0) is 15.7 Å². The van der Waals surface area contributed by atoms with Crippen molar-refractivity contribution in [3.63, 3.8) is 0 Å².